The second-order valence-corrected chi connectivity index (χ2v) is 6.00. The smallest absolute Gasteiger partial charge is 0.322 e. The first kappa shape index (κ1) is 20.9. The van der Waals surface area contributed by atoms with Gasteiger partial charge in [0.15, 0.2) is 0 Å². The minimum absolute atomic E-state index is 0.298. The molecule has 0 saturated heterocycles. The van der Waals surface area contributed by atoms with Gasteiger partial charge >= 0.3 is 5.97 Å². The topological polar surface area (TPSA) is 115 Å². The van der Waals surface area contributed by atoms with Crippen LogP contribution in [0.25, 0.3) is 0 Å². The standard InChI is InChI=1S/C16H25N3O2.C2H4O2/c1-2-14(17)16(20)21-11-4-3-7-13-9-8-12-6-5-10-18-15(12)19-13;1-2(3)4/h8-9,14H,2-7,10-11,17H2,1H3,(H,18,19);1H3,(H,3,4). The third-order valence-electron chi connectivity index (χ3n) is 3.77. The molecule has 2 rings (SSSR count). The number of carboxylic acid groups (broad SMARTS) is 1. The van der Waals surface area contributed by atoms with Gasteiger partial charge < -0.3 is 20.9 Å². The first-order valence-corrected chi connectivity index (χ1v) is 8.78. The molecule has 0 radical (unpaired) electrons. The molecule has 0 aliphatic carbocycles. The molecular weight excluding hydrogens is 322 g/mol. The molecule has 140 valence electrons. The van der Waals surface area contributed by atoms with Crippen LogP contribution in [0, 0.1) is 0 Å². The number of carbonyl (C=O) groups excluding carboxylic acids is 1. The van der Waals surface area contributed by atoms with Crippen molar-refractivity contribution >= 4 is 17.8 Å². The van der Waals surface area contributed by atoms with Crippen molar-refractivity contribution in [1.82, 2.24) is 4.98 Å². The van der Waals surface area contributed by atoms with Gasteiger partial charge in [0.25, 0.3) is 5.97 Å². The molecule has 1 unspecified atom stereocenters. The Morgan fingerprint density at radius 1 is 1.40 bits per heavy atom. The van der Waals surface area contributed by atoms with Gasteiger partial charge in [-0.05, 0) is 50.2 Å². The number of pyridine rings is 1. The van der Waals surface area contributed by atoms with E-state index in [1.165, 1.54) is 12.0 Å². The molecule has 2 heterocycles. The number of hydrogen-bond acceptors (Lipinski definition) is 6. The lowest BCUT2D eigenvalue weighted by Crippen LogP contribution is -2.31. The molecule has 25 heavy (non-hydrogen) atoms. The van der Waals surface area contributed by atoms with Gasteiger partial charge in [0.1, 0.15) is 11.9 Å². The first-order valence-electron chi connectivity index (χ1n) is 8.78. The highest BCUT2D eigenvalue weighted by Crippen LogP contribution is 2.20. The van der Waals surface area contributed by atoms with E-state index in [-0.39, 0.29) is 5.97 Å². The summed E-state index contributed by atoms with van der Waals surface area (Å²) in [5.41, 5.74) is 8.01. The van der Waals surface area contributed by atoms with E-state index >= 15 is 0 Å². The fourth-order valence-corrected chi connectivity index (χ4v) is 2.36. The number of unbranched alkanes of at least 4 members (excludes halogenated alkanes) is 1. The summed E-state index contributed by atoms with van der Waals surface area (Å²) in [6, 6.07) is 3.79. The van der Waals surface area contributed by atoms with E-state index in [9.17, 15) is 4.79 Å². The van der Waals surface area contributed by atoms with Crippen molar-refractivity contribution in [2.45, 2.75) is 58.4 Å². The molecule has 0 amide bonds. The van der Waals surface area contributed by atoms with Crippen LogP contribution >= 0.6 is 0 Å². The fraction of sp³-hybridized carbons (Fsp3) is 0.611. The number of ether oxygens (including phenoxy) is 1. The van der Waals surface area contributed by atoms with E-state index < -0.39 is 12.0 Å². The summed E-state index contributed by atoms with van der Waals surface area (Å²) in [5.74, 6) is -0.0901. The zero-order valence-electron chi connectivity index (χ0n) is 15.1. The second kappa shape index (κ2) is 11.4. The van der Waals surface area contributed by atoms with E-state index in [0.717, 1.165) is 50.7 Å². The molecule has 0 spiro atoms. The minimum atomic E-state index is -0.833. The molecule has 1 aliphatic rings. The summed E-state index contributed by atoms with van der Waals surface area (Å²) in [6.07, 6.45) is 5.62. The quantitative estimate of drug-likeness (QED) is 0.509. The number of carboxylic acids is 1. The molecule has 7 nitrogen and oxygen atoms in total. The number of nitrogens with one attached hydrogen (secondary N) is 1. The Balaban J connectivity index is 0.000000705. The average molecular weight is 351 g/mol. The number of nitrogens with two attached hydrogens (primary N) is 1. The molecule has 1 aromatic heterocycles. The lowest BCUT2D eigenvalue weighted by molar-refractivity contribution is -0.145. The Morgan fingerprint density at radius 2 is 2.12 bits per heavy atom. The van der Waals surface area contributed by atoms with Gasteiger partial charge in [0.2, 0.25) is 0 Å². The third-order valence-corrected chi connectivity index (χ3v) is 3.77. The van der Waals surface area contributed by atoms with Crippen LogP contribution in [0.1, 0.15) is 50.8 Å². The number of esters is 1. The molecule has 7 heteroatoms. The molecule has 0 fully saturated rings. The van der Waals surface area contributed by atoms with Crippen molar-refractivity contribution in [3.8, 4) is 0 Å². The van der Waals surface area contributed by atoms with Crippen LogP contribution < -0.4 is 11.1 Å². The zero-order chi connectivity index (χ0) is 18.7. The molecular formula is C18H29N3O4. The van der Waals surface area contributed by atoms with Crippen LogP contribution in [0.5, 0.6) is 0 Å². The highest BCUT2D eigenvalue weighted by Gasteiger charge is 2.12. The van der Waals surface area contributed by atoms with Gasteiger partial charge in [-0.1, -0.05) is 13.0 Å². The predicted molar refractivity (Wildman–Crippen MR) is 96.5 cm³/mol. The third kappa shape index (κ3) is 8.49. The lowest BCUT2D eigenvalue weighted by Gasteiger charge is -2.17. The molecule has 0 aromatic carbocycles. The molecule has 0 bridgehead atoms. The molecule has 1 atom stereocenters. The van der Waals surface area contributed by atoms with E-state index in [1.807, 2.05) is 6.92 Å². The Kier molecular flexibility index (Phi) is 9.54. The SMILES string of the molecule is CC(=O)O.CCC(N)C(=O)OCCCCc1ccc2c(n1)NCCC2. The number of aromatic nitrogens is 1. The summed E-state index contributed by atoms with van der Waals surface area (Å²) in [5, 5.41) is 10.8. The minimum Gasteiger partial charge on any atom is -0.481 e. The number of fused-ring (bicyclic) bond motifs is 1. The van der Waals surface area contributed by atoms with Gasteiger partial charge in [-0.15, -0.1) is 0 Å². The van der Waals surface area contributed by atoms with E-state index in [1.54, 1.807) is 0 Å². The predicted octanol–water partition coefficient (Wildman–Crippen LogP) is 2.13. The summed E-state index contributed by atoms with van der Waals surface area (Å²) in [7, 11) is 0. The number of hydrogen-bond donors (Lipinski definition) is 3. The number of carbonyl (C=O) groups is 2. The van der Waals surface area contributed by atoms with E-state index in [2.05, 4.69) is 22.4 Å². The van der Waals surface area contributed by atoms with E-state index in [0.29, 0.717) is 13.0 Å². The van der Waals surface area contributed by atoms with Crippen LogP contribution in [-0.2, 0) is 27.2 Å². The Hall–Kier alpha value is -2.15. The van der Waals surface area contributed by atoms with Gasteiger partial charge in [-0.25, -0.2) is 4.98 Å². The summed E-state index contributed by atoms with van der Waals surface area (Å²) >= 11 is 0. The van der Waals surface area contributed by atoms with Crippen molar-refractivity contribution in [1.29, 1.82) is 0 Å². The Morgan fingerprint density at radius 3 is 2.80 bits per heavy atom. The average Bonchev–Trinajstić information content (AvgIpc) is 2.60. The van der Waals surface area contributed by atoms with Crippen LogP contribution in [0.15, 0.2) is 12.1 Å². The van der Waals surface area contributed by atoms with Gasteiger partial charge in [0.05, 0.1) is 6.61 Å². The highest BCUT2D eigenvalue weighted by atomic mass is 16.5. The largest absolute Gasteiger partial charge is 0.481 e. The van der Waals surface area contributed by atoms with Crippen LogP contribution in [0.3, 0.4) is 0 Å². The maximum Gasteiger partial charge on any atom is 0.322 e. The monoisotopic (exact) mass is 351 g/mol. The van der Waals surface area contributed by atoms with Crippen LogP contribution in [0.4, 0.5) is 5.82 Å². The molecule has 0 saturated carbocycles. The summed E-state index contributed by atoms with van der Waals surface area (Å²) in [6.45, 7) is 4.41. The number of aryl methyl sites for hydroxylation is 2. The van der Waals surface area contributed by atoms with Crippen molar-refractivity contribution in [2.24, 2.45) is 5.73 Å². The molecule has 1 aromatic rings. The first-order chi connectivity index (χ1) is 11.9. The maximum absolute atomic E-state index is 11.4. The number of rotatable bonds is 7. The Labute approximate surface area is 149 Å². The molecule has 1 aliphatic heterocycles. The van der Waals surface area contributed by atoms with Crippen molar-refractivity contribution in [2.75, 3.05) is 18.5 Å². The summed E-state index contributed by atoms with van der Waals surface area (Å²) in [4.78, 5) is 25.0. The maximum atomic E-state index is 11.4. The Bertz CT molecular complexity index is 559. The number of anilines is 1. The van der Waals surface area contributed by atoms with Gasteiger partial charge in [0, 0.05) is 19.2 Å². The van der Waals surface area contributed by atoms with Crippen molar-refractivity contribution in [3.05, 3.63) is 23.4 Å². The van der Waals surface area contributed by atoms with Gasteiger partial charge in [-0.3, -0.25) is 9.59 Å². The van der Waals surface area contributed by atoms with Crippen LogP contribution in [0.2, 0.25) is 0 Å². The highest BCUT2D eigenvalue weighted by molar-refractivity contribution is 5.75. The second-order valence-electron chi connectivity index (χ2n) is 6.00. The normalized spacial score (nSPS) is 13.6. The summed E-state index contributed by atoms with van der Waals surface area (Å²) < 4.78 is 5.13. The van der Waals surface area contributed by atoms with Crippen molar-refractivity contribution < 1.29 is 19.4 Å². The van der Waals surface area contributed by atoms with E-state index in [4.69, 9.17) is 20.4 Å². The number of aliphatic carboxylic acids is 1. The lowest BCUT2D eigenvalue weighted by atomic mass is 10.1. The van der Waals surface area contributed by atoms with Gasteiger partial charge in [-0.2, -0.15) is 0 Å². The van der Waals surface area contributed by atoms with Crippen LogP contribution in [-0.4, -0.2) is 41.2 Å². The fourth-order valence-electron chi connectivity index (χ4n) is 2.36. The van der Waals surface area contributed by atoms with Crippen molar-refractivity contribution in [3.63, 3.8) is 0 Å². The number of nitrogens with zero attached hydrogens (tertiary/aromatic N) is 1. The molecule has 4 N–H and O–H groups in total. The zero-order valence-corrected chi connectivity index (χ0v) is 15.1.